The standard InChI is InChI=1S/C15H20N2O3/c1-10(2)9-17-13(18)15(3,16-14(17)19)11-5-7-12(20-4)8-6-11/h5-8,10H,9H2,1-4H3,(H,16,19)/t15-/m1/s1. The number of rotatable bonds is 4. The number of carbonyl (C=O) groups excluding carboxylic acids is 2. The summed E-state index contributed by atoms with van der Waals surface area (Å²) in [5.74, 6) is 0.748. The van der Waals surface area contributed by atoms with E-state index in [0.29, 0.717) is 12.3 Å². The fraction of sp³-hybridized carbons (Fsp3) is 0.467. The maximum absolute atomic E-state index is 12.5. The smallest absolute Gasteiger partial charge is 0.325 e. The minimum absolute atomic E-state index is 0.207. The summed E-state index contributed by atoms with van der Waals surface area (Å²) in [5, 5.41) is 2.79. The zero-order valence-corrected chi connectivity index (χ0v) is 12.3. The van der Waals surface area contributed by atoms with Gasteiger partial charge in [-0.1, -0.05) is 26.0 Å². The number of hydrogen-bond acceptors (Lipinski definition) is 3. The normalized spacial score (nSPS) is 22.4. The average Bonchev–Trinajstić information content (AvgIpc) is 2.63. The largest absolute Gasteiger partial charge is 0.497 e. The number of imide groups is 1. The van der Waals surface area contributed by atoms with E-state index in [9.17, 15) is 9.59 Å². The van der Waals surface area contributed by atoms with E-state index in [0.717, 1.165) is 5.56 Å². The predicted octanol–water partition coefficient (Wildman–Crippen LogP) is 2.12. The highest BCUT2D eigenvalue weighted by Gasteiger charge is 2.48. The van der Waals surface area contributed by atoms with Gasteiger partial charge in [-0.25, -0.2) is 4.79 Å². The summed E-state index contributed by atoms with van der Waals surface area (Å²) in [7, 11) is 1.59. The van der Waals surface area contributed by atoms with Crippen LogP contribution >= 0.6 is 0 Å². The summed E-state index contributed by atoms with van der Waals surface area (Å²) in [4.78, 5) is 25.8. The quantitative estimate of drug-likeness (QED) is 0.857. The van der Waals surface area contributed by atoms with E-state index in [1.807, 2.05) is 13.8 Å². The minimum atomic E-state index is -1.00. The molecule has 2 rings (SSSR count). The Morgan fingerprint density at radius 1 is 1.25 bits per heavy atom. The van der Waals surface area contributed by atoms with Crippen molar-refractivity contribution in [2.75, 3.05) is 13.7 Å². The molecular weight excluding hydrogens is 256 g/mol. The third-order valence-electron chi connectivity index (χ3n) is 3.49. The number of urea groups is 1. The van der Waals surface area contributed by atoms with E-state index < -0.39 is 5.54 Å². The molecule has 20 heavy (non-hydrogen) atoms. The van der Waals surface area contributed by atoms with Gasteiger partial charge in [-0.3, -0.25) is 9.69 Å². The van der Waals surface area contributed by atoms with Crippen LogP contribution in [-0.2, 0) is 10.3 Å². The zero-order chi connectivity index (χ0) is 14.9. The Bertz CT molecular complexity index is 524. The SMILES string of the molecule is COc1ccc([C@@]2(C)NC(=O)N(CC(C)C)C2=O)cc1. The Balaban J connectivity index is 2.30. The van der Waals surface area contributed by atoms with E-state index in [1.165, 1.54) is 4.90 Å². The van der Waals surface area contributed by atoms with Crippen molar-refractivity contribution in [2.24, 2.45) is 5.92 Å². The topological polar surface area (TPSA) is 58.6 Å². The van der Waals surface area contributed by atoms with Gasteiger partial charge in [0.25, 0.3) is 5.91 Å². The summed E-state index contributed by atoms with van der Waals surface area (Å²) in [6.07, 6.45) is 0. The Kier molecular flexibility index (Phi) is 3.70. The van der Waals surface area contributed by atoms with Crippen LogP contribution in [0.25, 0.3) is 0 Å². The molecule has 5 nitrogen and oxygen atoms in total. The van der Waals surface area contributed by atoms with Gasteiger partial charge in [-0.15, -0.1) is 0 Å². The van der Waals surface area contributed by atoms with Crippen molar-refractivity contribution in [3.63, 3.8) is 0 Å². The number of nitrogens with zero attached hydrogens (tertiary/aromatic N) is 1. The van der Waals surface area contributed by atoms with E-state index in [-0.39, 0.29) is 17.9 Å². The Morgan fingerprint density at radius 2 is 1.85 bits per heavy atom. The molecule has 108 valence electrons. The first-order chi connectivity index (χ1) is 9.38. The van der Waals surface area contributed by atoms with Crippen LogP contribution < -0.4 is 10.1 Å². The van der Waals surface area contributed by atoms with Gasteiger partial charge in [-0.2, -0.15) is 0 Å². The molecule has 0 bridgehead atoms. The van der Waals surface area contributed by atoms with Crippen LogP contribution in [0.1, 0.15) is 26.3 Å². The van der Waals surface area contributed by atoms with E-state index in [2.05, 4.69) is 5.32 Å². The summed E-state index contributed by atoms with van der Waals surface area (Å²) in [6, 6.07) is 6.84. The molecule has 0 aromatic heterocycles. The first-order valence-corrected chi connectivity index (χ1v) is 6.67. The summed E-state index contributed by atoms with van der Waals surface area (Å²) < 4.78 is 5.10. The van der Waals surface area contributed by atoms with Crippen LogP contribution in [0.3, 0.4) is 0 Å². The molecule has 1 fully saturated rings. The van der Waals surface area contributed by atoms with Gasteiger partial charge < -0.3 is 10.1 Å². The van der Waals surface area contributed by atoms with E-state index in [1.54, 1.807) is 38.3 Å². The molecule has 0 aliphatic carbocycles. The number of amides is 3. The maximum Gasteiger partial charge on any atom is 0.325 e. The number of benzene rings is 1. The van der Waals surface area contributed by atoms with Crippen molar-refractivity contribution in [2.45, 2.75) is 26.3 Å². The molecule has 1 aromatic rings. The lowest BCUT2D eigenvalue weighted by Crippen LogP contribution is -2.41. The number of hydrogen-bond donors (Lipinski definition) is 1. The van der Waals surface area contributed by atoms with Gasteiger partial charge in [0.1, 0.15) is 11.3 Å². The Hall–Kier alpha value is -2.04. The van der Waals surface area contributed by atoms with E-state index >= 15 is 0 Å². The molecule has 5 heteroatoms. The summed E-state index contributed by atoms with van der Waals surface area (Å²) >= 11 is 0. The van der Waals surface area contributed by atoms with Crippen LogP contribution in [0.5, 0.6) is 5.75 Å². The Labute approximate surface area is 118 Å². The summed E-state index contributed by atoms with van der Waals surface area (Å²) in [6.45, 7) is 6.11. The highest BCUT2D eigenvalue weighted by molar-refractivity contribution is 6.07. The van der Waals surface area contributed by atoms with Gasteiger partial charge in [-0.05, 0) is 30.5 Å². The monoisotopic (exact) mass is 276 g/mol. The lowest BCUT2D eigenvalue weighted by atomic mass is 9.92. The molecule has 1 saturated heterocycles. The number of carbonyl (C=O) groups is 2. The number of ether oxygens (including phenoxy) is 1. The highest BCUT2D eigenvalue weighted by atomic mass is 16.5. The molecule has 1 aliphatic heterocycles. The van der Waals surface area contributed by atoms with Crippen molar-refractivity contribution >= 4 is 11.9 Å². The molecule has 0 unspecified atom stereocenters. The average molecular weight is 276 g/mol. The lowest BCUT2D eigenvalue weighted by Gasteiger charge is -2.23. The fourth-order valence-electron chi connectivity index (χ4n) is 2.35. The van der Waals surface area contributed by atoms with Gasteiger partial charge >= 0.3 is 6.03 Å². The van der Waals surface area contributed by atoms with E-state index in [4.69, 9.17) is 4.74 Å². The van der Waals surface area contributed by atoms with Crippen molar-refractivity contribution in [3.05, 3.63) is 29.8 Å². The molecule has 1 heterocycles. The highest BCUT2D eigenvalue weighted by Crippen LogP contribution is 2.30. The van der Waals surface area contributed by atoms with Gasteiger partial charge in [0, 0.05) is 6.54 Å². The third-order valence-corrected chi connectivity index (χ3v) is 3.49. The Morgan fingerprint density at radius 3 is 2.35 bits per heavy atom. The molecule has 1 aromatic carbocycles. The van der Waals surface area contributed by atoms with Crippen LogP contribution in [0.2, 0.25) is 0 Å². The first kappa shape index (κ1) is 14.4. The lowest BCUT2D eigenvalue weighted by molar-refractivity contribution is -0.131. The molecule has 0 radical (unpaired) electrons. The molecule has 1 atom stereocenters. The maximum atomic E-state index is 12.5. The van der Waals surface area contributed by atoms with Gasteiger partial charge in [0.2, 0.25) is 0 Å². The summed E-state index contributed by atoms with van der Waals surface area (Å²) in [5.41, 5.74) is -0.249. The van der Waals surface area contributed by atoms with Crippen LogP contribution in [-0.4, -0.2) is 30.5 Å². The molecule has 3 amide bonds. The number of methoxy groups -OCH3 is 1. The van der Waals surface area contributed by atoms with Crippen LogP contribution in [0.15, 0.2) is 24.3 Å². The van der Waals surface area contributed by atoms with Crippen molar-refractivity contribution in [1.29, 1.82) is 0 Å². The van der Waals surface area contributed by atoms with Crippen LogP contribution in [0, 0.1) is 5.92 Å². The zero-order valence-electron chi connectivity index (χ0n) is 12.3. The van der Waals surface area contributed by atoms with Gasteiger partial charge in [0.15, 0.2) is 0 Å². The molecule has 0 saturated carbocycles. The number of nitrogens with one attached hydrogen (secondary N) is 1. The van der Waals surface area contributed by atoms with Crippen LogP contribution in [0.4, 0.5) is 4.79 Å². The predicted molar refractivity (Wildman–Crippen MR) is 75.4 cm³/mol. The third kappa shape index (κ3) is 2.35. The minimum Gasteiger partial charge on any atom is -0.497 e. The van der Waals surface area contributed by atoms with Gasteiger partial charge in [0.05, 0.1) is 7.11 Å². The second-order valence-electron chi connectivity index (χ2n) is 5.59. The molecule has 1 aliphatic rings. The molecule has 1 N–H and O–H groups in total. The molecular formula is C15H20N2O3. The molecule has 0 spiro atoms. The van der Waals surface area contributed by atoms with Crippen molar-refractivity contribution in [1.82, 2.24) is 10.2 Å². The first-order valence-electron chi connectivity index (χ1n) is 6.67. The second-order valence-corrected chi connectivity index (χ2v) is 5.59. The van der Waals surface area contributed by atoms with Crippen molar-refractivity contribution in [3.8, 4) is 5.75 Å². The fourth-order valence-corrected chi connectivity index (χ4v) is 2.35. The second kappa shape index (κ2) is 5.15. The van der Waals surface area contributed by atoms with Crippen molar-refractivity contribution < 1.29 is 14.3 Å².